The standard InChI is InChI=1S/C21H29N5O2/c1-24-18-7-3-2-6-17(18)23-19(21(24)28)26-13-8-16(9-14-26)20(27)22-10-15-25-11-4-5-12-25/h2-3,6-7,16H,4-5,8-15H2,1H3,(H,22,27). The molecule has 0 unspecified atom stereocenters. The molecule has 4 rings (SSSR count). The van der Waals surface area contributed by atoms with Gasteiger partial charge in [0.15, 0.2) is 5.82 Å². The highest BCUT2D eigenvalue weighted by molar-refractivity contribution is 5.79. The minimum absolute atomic E-state index is 0.0270. The number of amides is 1. The van der Waals surface area contributed by atoms with Gasteiger partial charge in [-0.15, -0.1) is 0 Å². The first kappa shape index (κ1) is 18.9. The van der Waals surface area contributed by atoms with E-state index in [-0.39, 0.29) is 17.4 Å². The van der Waals surface area contributed by atoms with E-state index in [1.54, 1.807) is 11.6 Å². The average Bonchev–Trinajstić information content (AvgIpc) is 3.24. The van der Waals surface area contributed by atoms with Gasteiger partial charge in [0, 0.05) is 39.1 Å². The Labute approximate surface area is 165 Å². The summed E-state index contributed by atoms with van der Waals surface area (Å²) in [5.74, 6) is 0.673. The smallest absolute Gasteiger partial charge is 0.293 e. The number of hydrogen-bond acceptors (Lipinski definition) is 5. The van der Waals surface area contributed by atoms with Gasteiger partial charge in [-0.05, 0) is 50.9 Å². The molecule has 2 aromatic rings. The van der Waals surface area contributed by atoms with E-state index >= 15 is 0 Å². The third-order valence-corrected chi connectivity index (χ3v) is 6.06. The van der Waals surface area contributed by atoms with Crippen molar-refractivity contribution in [2.75, 3.05) is 44.2 Å². The molecular weight excluding hydrogens is 354 g/mol. The maximum Gasteiger partial charge on any atom is 0.293 e. The first-order chi connectivity index (χ1) is 13.6. The lowest BCUT2D eigenvalue weighted by molar-refractivity contribution is -0.125. The number of para-hydroxylation sites is 2. The summed E-state index contributed by atoms with van der Waals surface area (Å²) in [4.78, 5) is 34.3. The molecule has 0 atom stereocenters. The number of carbonyl (C=O) groups is 1. The van der Waals surface area contributed by atoms with Crippen molar-refractivity contribution in [3.05, 3.63) is 34.6 Å². The Morgan fingerprint density at radius 2 is 1.86 bits per heavy atom. The topological polar surface area (TPSA) is 70.5 Å². The van der Waals surface area contributed by atoms with Crippen LogP contribution in [-0.4, -0.2) is 59.6 Å². The molecule has 0 spiro atoms. The normalized spacial score (nSPS) is 18.7. The van der Waals surface area contributed by atoms with Crippen LogP contribution in [0.5, 0.6) is 0 Å². The number of fused-ring (bicyclic) bond motifs is 1. The van der Waals surface area contributed by atoms with Gasteiger partial charge >= 0.3 is 0 Å². The summed E-state index contributed by atoms with van der Waals surface area (Å²) >= 11 is 0. The number of nitrogens with zero attached hydrogens (tertiary/aromatic N) is 4. The molecule has 150 valence electrons. The van der Waals surface area contributed by atoms with Gasteiger partial charge in [-0.1, -0.05) is 12.1 Å². The van der Waals surface area contributed by atoms with Gasteiger partial charge in [-0.25, -0.2) is 4.98 Å². The number of benzene rings is 1. The van der Waals surface area contributed by atoms with Crippen LogP contribution in [0.1, 0.15) is 25.7 Å². The summed E-state index contributed by atoms with van der Waals surface area (Å²) < 4.78 is 1.66. The molecule has 1 amide bonds. The van der Waals surface area contributed by atoms with E-state index < -0.39 is 0 Å². The zero-order valence-corrected chi connectivity index (χ0v) is 16.6. The van der Waals surface area contributed by atoms with Crippen LogP contribution in [0.2, 0.25) is 0 Å². The van der Waals surface area contributed by atoms with Gasteiger partial charge in [0.05, 0.1) is 11.0 Å². The first-order valence-electron chi connectivity index (χ1n) is 10.3. The van der Waals surface area contributed by atoms with Crippen molar-refractivity contribution < 1.29 is 4.79 Å². The summed E-state index contributed by atoms with van der Waals surface area (Å²) in [6.07, 6.45) is 4.06. The fraction of sp³-hybridized carbons (Fsp3) is 0.571. The molecule has 7 heteroatoms. The zero-order valence-electron chi connectivity index (χ0n) is 16.6. The second-order valence-corrected chi connectivity index (χ2v) is 7.89. The van der Waals surface area contributed by atoms with Crippen molar-refractivity contribution in [2.24, 2.45) is 13.0 Å². The molecule has 0 saturated carbocycles. The van der Waals surface area contributed by atoms with Gasteiger partial charge in [0.2, 0.25) is 5.91 Å². The Bertz CT molecular complexity index is 895. The number of aromatic nitrogens is 2. The minimum atomic E-state index is -0.0767. The number of aryl methyl sites for hydroxylation is 1. The van der Waals surface area contributed by atoms with Crippen molar-refractivity contribution in [1.29, 1.82) is 0 Å². The summed E-state index contributed by atoms with van der Waals surface area (Å²) in [5, 5.41) is 3.10. The van der Waals surface area contributed by atoms with Crippen molar-refractivity contribution in [3.63, 3.8) is 0 Å². The largest absolute Gasteiger partial charge is 0.355 e. The molecule has 2 aliphatic heterocycles. The summed E-state index contributed by atoms with van der Waals surface area (Å²) in [6, 6.07) is 7.68. The molecule has 2 aliphatic rings. The second-order valence-electron chi connectivity index (χ2n) is 7.89. The van der Waals surface area contributed by atoms with Crippen molar-refractivity contribution >= 4 is 22.8 Å². The Balaban J connectivity index is 1.35. The van der Waals surface area contributed by atoms with Crippen LogP contribution < -0.4 is 15.8 Å². The quantitative estimate of drug-likeness (QED) is 0.844. The molecule has 0 bridgehead atoms. The summed E-state index contributed by atoms with van der Waals surface area (Å²) in [7, 11) is 1.79. The second kappa shape index (κ2) is 8.31. The zero-order chi connectivity index (χ0) is 19.5. The molecule has 28 heavy (non-hydrogen) atoms. The van der Waals surface area contributed by atoms with Crippen LogP contribution in [-0.2, 0) is 11.8 Å². The fourth-order valence-electron chi connectivity index (χ4n) is 4.31. The molecule has 1 N–H and O–H groups in total. The molecule has 1 aromatic heterocycles. The van der Waals surface area contributed by atoms with Crippen LogP contribution >= 0.6 is 0 Å². The van der Waals surface area contributed by atoms with Gasteiger partial charge in [0.25, 0.3) is 5.56 Å². The Morgan fingerprint density at radius 3 is 2.61 bits per heavy atom. The van der Waals surface area contributed by atoms with Crippen molar-refractivity contribution in [3.8, 4) is 0 Å². The van der Waals surface area contributed by atoms with E-state index in [0.717, 1.165) is 50.1 Å². The summed E-state index contributed by atoms with van der Waals surface area (Å²) in [6.45, 7) is 5.35. The van der Waals surface area contributed by atoms with E-state index in [1.165, 1.54) is 12.8 Å². The molecule has 1 aromatic carbocycles. The van der Waals surface area contributed by atoms with Crippen LogP contribution in [0.4, 0.5) is 5.82 Å². The van der Waals surface area contributed by atoms with Gasteiger partial charge < -0.3 is 19.7 Å². The molecule has 3 heterocycles. The lowest BCUT2D eigenvalue weighted by atomic mass is 9.96. The number of nitrogens with one attached hydrogen (secondary N) is 1. The highest BCUT2D eigenvalue weighted by atomic mass is 16.2. The molecule has 2 saturated heterocycles. The number of likely N-dealkylation sites (tertiary alicyclic amines) is 1. The molecule has 7 nitrogen and oxygen atoms in total. The van der Waals surface area contributed by atoms with Crippen LogP contribution in [0, 0.1) is 5.92 Å². The maximum atomic E-state index is 12.7. The van der Waals surface area contributed by atoms with Crippen molar-refractivity contribution in [2.45, 2.75) is 25.7 Å². The SMILES string of the molecule is Cn1c(=O)c(N2CCC(C(=O)NCCN3CCCC3)CC2)nc2ccccc21. The van der Waals surface area contributed by atoms with Gasteiger partial charge in [-0.3, -0.25) is 9.59 Å². The van der Waals surface area contributed by atoms with Gasteiger partial charge in [0.1, 0.15) is 0 Å². The summed E-state index contributed by atoms with van der Waals surface area (Å²) in [5.41, 5.74) is 1.58. The predicted octanol–water partition coefficient (Wildman–Crippen LogP) is 1.36. The highest BCUT2D eigenvalue weighted by Crippen LogP contribution is 2.21. The first-order valence-corrected chi connectivity index (χ1v) is 10.3. The number of anilines is 1. The monoisotopic (exact) mass is 383 g/mol. The van der Waals surface area contributed by atoms with Crippen LogP contribution in [0.25, 0.3) is 11.0 Å². The number of piperidine rings is 1. The Morgan fingerprint density at radius 1 is 1.14 bits per heavy atom. The van der Waals surface area contributed by atoms with E-state index in [4.69, 9.17) is 0 Å². The third kappa shape index (κ3) is 3.90. The average molecular weight is 383 g/mol. The molecular formula is C21H29N5O2. The number of hydrogen-bond donors (Lipinski definition) is 1. The fourth-order valence-corrected chi connectivity index (χ4v) is 4.31. The van der Waals surface area contributed by atoms with E-state index in [1.807, 2.05) is 29.2 Å². The van der Waals surface area contributed by atoms with Gasteiger partial charge in [-0.2, -0.15) is 0 Å². The van der Waals surface area contributed by atoms with Crippen LogP contribution in [0.15, 0.2) is 29.1 Å². The minimum Gasteiger partial charge on any atom is -0.355 e. The van der Waals surface area contributed by atoms with Crippen LogP contribution in [0.3, 0.4) is 0 Å². The maximum absolute atomic E-state index is 12.7. The third-order valence-electron chi connectivity index (χ3n) is 6.06. The van der Waals surface area contributed by atoms with Crippen molar-refractivity contribution in [1.82, 2.24) is 19.8 Å². The molecule has 2 fully saturated rings. The highest BCUT2D eigenvalue weighted by Gasteiger charge is 2.27. The predicted molar refractivity (Wildman–Crippen MR) is 111 cm³/mol. The van der Waals surface area contributed by atoms with E-state index in [2.05, 4.69) is 15.2 Å². The molecule has 0 aliphatic carbocycles. The lowest BCUT2D eigenvalue weighted by Gasteiger charge is -2.32. The Kier molecular flexibility index (Phi) is 5.62. The van der Waals surface area contributed by atoms with E-state index in [0.29, 0.717) is 18.9 Å². The van der Waals surface area contributed by atoms with E-state index in [9.17, 15) is 9.59 Å². The lowest BCUT2D eigenvalue weighted by Crippen LogP contribution is -2.44. The number of rotatable bonds is 5. The molecule has 0 radical (unpaired) electrons. The Hall–Kier alpha value is -2.41. The number of carbonyl (C=O) groups excluding carboxylic acids is 1.